The van der Waals surface area contributed by atoms with E-state index in [2.05, 4.69) is 0 Å². The van der Waals surface area contributed by atoms with E-state index in [1.54, 1.807) is 30.3 Å². The van der Waals surface area contributed by atoms with E-state index in [0.717, 1.165) is 5.56 Å². The Kier molecular flexibility index (Phi) is 5.37. The first-order chi connectivity index (χ1) is 12.9. The Morgan fingerprint density at radius 3 is 2.33 bits per heavy atom. The minimum Gasteiger partial charge on any atom is -0.497 e. The number of aryl methyl sites for hydroxylation is 1. The van der Waals surface area contributed by atoms with Gasteiger partial charge in [0, 0.05) is 28.1 Å². The number of esters is 1. The van der Waals surface area contributed by atoms with Gasteiger partial charge in [-0.15, -0.1) is 0 Å². The molecule has 3 rings (SSSR count). The predicted octanol–water partition coefficient (Wildman–Crippen LogP) is 4.13. The van der Waals surface area contributed by atoms with E-state index in [9.17, 15) is 9.59 Å². The Hall–Kier alpha value is -2.99. The summed E-state index contributed by atoms with van der Waals surface area (Å²) in [7, 11) is 2.98. The molecule has 6 nitrogen and oxygen atoms in total. The van der Waals surface area contributed by atoms with Gasteiger partial charge in [-0.1, -0.05) is 11.6 Å². The number of carbonyl (C=O) groups excluding carboxylic acids is 1. The minimum absolute atomic E-state index is 0.111. The third-order valence-corrected chi connectivity index (χ3v) is 4.46. The Bertz CT molecular complexity index is 1050. The van der Waals surface area contributed by atoms with Crippen LogP contribution < -0.4 is 15.1 Å². The van der Waals surface area contributed by atoms with E-state index in [-0.39, 0.29) is 12.2 Å². The molecule has 0 radical (unpaired) electrons. The third-order valence-electron chi connectivity index (χ3n) is 4.06. The van der Waals surface area contributed by atoms with Crippen LogP contribution in [-0.4, -0.2) is 20.2 Å². The second-order valence-corrected chi connectivity index (χ2v) is 6.27. The van der Waals surface area contributed by atoms with Crippen LogP contribution in [0.25, 0.3) is 11.0 Å². The van der Waals surface area contributed by atoms with Gasteiger partial charge in [-0.05, 0) is 36.8 Å². The quantitative estimate of drug-likeness (QED) is 0.483. The summed E-state index contributed by atoms with van der Waals surface area (Å²) in [5.41, 5.74) is 1.42. The fourth-order valence-electron chi connectivity index (χ4n) is 2.62. The monoisotopic (exact) mass is 388 g/mol. The molecule has 0 aliphatic carbocycles. The molecule has 0 atom stereocenters. The SMILES string of the molecule is COc1cc(OC)cc(C(=O)OCc2cc(=O)oc3cc(C)c(Cl)cc23)c1. The summed E-state index contributed by atoms with van der Waals surface area (Å²) < 4.78 is 20.9. The largest absolute Gasteiger partial charge is 0.497 e. The van der Waals surface area contributed by atoms with E-state index in [4.69, 9.17) is 30.2 Å². The number of fused-ring (bicyclic) bond motifs is 1. The van der Waals surface area contributed by atoms with E-state index in [1.165, 1.54) is 20.3 Å². The fourth-order valence-corrected chi connectivity index (χ4v) is 2.78. The van der Waals surface area contributed by atoms with Crippen LogP contribution in [0, 0.1) is 6.92 Å². The lowest BCUT2D eigenvalue weighted by atomic mass is 10.1. The number of carbonyl (C=O) groups is 1. The van der Waals surface area contributed by atoms with Gasteiger partial charge in [0.2, 0.25) is 0 Å². The minimum atomic E-state index is -0.577. The van der Waals surface area contributed by atoms with Gasteiger partial charge in [-0.2, -0.15) is 0 Å². The van der Waals surface area contributed by atoms with Crippen molar-refractivity contribution in [2.45, 2.75) is 13.5 Å². The Labute approximate surface area is 160 Å². The number of rotatable bonds is 5. The first kappa shape index (κ1) is 18.8. The topological polar surface area (TPSA) is 75.0 Å². The molecule has 0 saturated heterocycles. The molecule has 0 aliphatic heterocycles. The number of hydrogen-bond acceptors (Lipinski definition) is 6. The normalized spacial score (nSPS) is 10.7. The van der Waals surface area contributed by atoms with Gasteiger partial charge in [0.15, 0.2) is 0 Å². The van der Waals surface area contributed by atoms with Crippen molar-refractivity contribution in [1.82, 2.24) is 0 Å². The molecule has 0 saturated carbocycles. The summed E-state index contributed by atoms with van der Waals surface area (Å²) in [5.74, 6) is 0.357. The lowest BCUT2D eigenvalue weighted by Gasteiger charge is -2.10. The average molecular weight is 389 g/mol. The van der Waals surface area contributed by atoms with Gasteiger partial charge in [0.25, 0.3) is 0 Å². The first-order valence-corrected chi connectivity index (χ1v) is 8.42. The van der Waals surface area contributed by atoms with Crippen molar-refractivity contribution < 1.29 is 23.4 Å². The first-order valence-electron chi connectivity index (χ1n) is 8.04. The van der Waals surface area contributed by atoms with E-state index in [1.807, 2.05) is 6.92 Å². The van der Waals surface area contributed by atoms with Gasteiger partial charge in [0.1, 0.15) is 23.7 Å². The molecule has 27 heavy (non-hydrogen) atoms. The maximum absolute atomic E-state index is 12.4. The van der Waals surface area contributed by atoms with Crippen LogP contribution in [0.5, 0.6) is 11.5 Å². The highest BCUT2D eigenvalue weighted by molar-refractivity contribution is 6.32. The van der Waals surface area contributed by atoms with Gasteiger partial charge in [0.05, 0.1) is 19.8 Å². The molecule has 140 valence electrons. The summed E-state index contributed by atoms with van der Waals surface area (Å²) in [6.45, 7) is 1.70. The summed E-state index contributed by atoms with van der Waals surface area (Å²) in [6.07, 6.45) is 0. The van der Waals surface area contributed by atoms with Crippen LogP contribution in [0.1, 0.15) is 21.5 Å². The molecule has 0 spiro atoms. The van der Waals surface area contributed by atoms with Crippen molar-refractivity contribution in [2.24, 2.45) is 0 Å². The molecule has 1 aromatic heterocycles. The Morgan fingerprint density at radius 1 is 1.04 bits per heavy atom. The van der Waals surface area contributed by atoms with Crippen molar-refractivity contribution in [2.75, 3.05) is 14.2 Å². The maximum Gasteiger partial charge on any atom is 0.338 e. The molecule has 0 unspecified atom stereocenters. The predicted molar refractivity (Wildman–Crippen MR) is 101 cm³/mol. The smallest absolute Gasteiger partial charge is 0.338 e. The summed E-state index contributed by atoms with van der Waals surface area (Å²) >= 11 is 6.17. The molecule has 0 amide bonds. The van der Waals surface area contributed by atoms with Crippen LogP contribution in [0.15, 0.2) is 45.6 Å². The van der Waals surface area contributed by atoms with Crippen molar-refractivity contribution in [3.05, 3.63) is 68.5 Å². The highest BCUT2D eigenvalue weighted by Gasteiger charge is 2.14. The molecule has 0 aliphatic rings. The van der Waals surface area contributed by atoms with Crippen molar-refractivity contribution in [1.29, 1.82) is 0 Å². The van der Waals surface area contributed by atoms with Gasteiger partial charge < -0.3 is 18.6 Å². The standard InChI is InChI=1S/C20H17ClO6/c1-11-4-18-16(9-17(11)21)13(7-19(22)27-18)10-26-20(23)12-5-14(24-2)8-15(6-12)25-3/h4-9H,10H2,1-3H3. The van der Waals surface area contributed by atoms with Crippen LogP contribution >= 0.6 is 11.6 Å². The molecule has 1 heterocycles. The molecule has 0 N–H and O–H groups in total. The molecule has 0 bridgehead atoms. The fraction of sp³-hybridized carbons (Fsp3) is 0.200. The van der Waals surface area contributed by atoms with E-state index >= 15 is 0 Å². The lowest BCUT2D eigenvalue weighted by molar-refractivity contribution is 0.0473. The van der Waals surface area contributed by atoms with Crippen molar-refractivity contribution >= 4 is 28.5 Å². The lowest BCUT2D eigenvalue weighted by Crippen LogP contribution is -2.08. The molecule has 0 fully saturated rings. The zero-order chi connectivity index (χ0) is 19.6. The maximum atomic E-state index is 12.4. The Morgan fingerprint density at radius 2 is 1.70 bits per heavy atom. The number of methoxy groups -OCH3 is 2. The van der Waals surface area contributed by atoms with Gasteiger partial charge >= 0.3 is 11.6 Å². The third kappa shape index (κ3) is 4.06. The molecular weight excluding hydrogens is 372 g/mol. The molecular formula is C20H17ClO6. The Balaban J connectivity index is 1.90. The van der Waals surface area contributed by atoms with Crippen LogP contribution in [0.4, 0.5) is 0 Å². The van der Waals surface area contributed by atoms with Crippen LogP contribution in [0.2, 0.25) is 5.02 Å². The zero-order valence-electron chi connectivity index (χ0n) is 15.0. The van der Waals surface area contributed by atoms with Crippen LogP contribution in [-0.2, 0) is 11.3 Å². The van der Waals surface area contributed by atoms with Crippen molar-refractivity contribution in [3.63, 3.8) is 0 Å². The number of halogens is 1. The number of benzene rings is 2. The summed E-state index contributed by atoms with van der Waals surface area (Å²) in [6, 6.07) is 9.39. The van der Waals surface area contributed by atoms with Crippen LogP contribution in [0.3, 0.4) is 0 Å². The molecule has 2 aromatic carbocycles. The summed E-state index contributed by atoms with van der Waals surface area (Å²) in [4.78, 5) is 24.2. The van der Waals surface area contributed by atoms with Gasteiger partial charge in [-0.3, -0.25) is 0 Å². The summed E-state index contributed by atoms with van der Waals surface area (Å²) in [5, 5.41) is 1.14. The second kappa shape index (κ2) is 7.72. The van der Waals surface area contributed by atoms with Crippen molar-refractivity contribution in [3.8, 4) is 11.5 Å². The molecule has 7 heteroatoms. The zero-order valence-corrected chi connectivity index (χ0v) is 15.8. The second-order valence-electron chi connectivity index (χ2n) is 5.87. The highest BCUT2D eigenvalue weighted by atomic mass is 35.5. The number of ether oxygens (including phenoxy) is 3. The molecule has 3 aromatic rings. The van der Waals surface area contributed by atoms with E-state index in [0.29, 0.717) is 33.1 Å². The highest BCUT2D eigenvalue weighted by Crippen LogP contribution is 2.26. The van der Waals surface area contributed by atoms with E-state index < -0.39 is 11.6 Å². The number of hydrogen-bond donors (Lipinski definition) is 0. The van der Waals surface area contributed by atoms with Gasteiger partial charge in [-0.25, -0.2) is 9.59 Å². The average Bonchev–Trinajstić information content (AvgIpc) is 2.66.